The van der Waals surface area contributed by atoms with Crippen molar-refractivity contribution < 1.29 is 4.79 Å². The van der Waals surface area contributed by atoms with Crippen molar-refractivity contribution in [3.05, 3.63) is 71.4 Å². The Morgan fingerprint density at radius 2 is 1.65 bits per heavy atom. The zero-order valence-electron chi connectivity index (χ0n) is 11.3. The third-order valence-electron chi connectivity index (χ3n) is 3.70. The van der Waals surface area contributed by atoms with E-state index in [0.717, 1.165) is 24.7 Å². The smallest absolute Gasteiger partial charge is 0.124 e. The van der Waals surface area contributed by atoms with E-state index in [1.165, 1.54) is 22.0 Å². The van der Waals surface area contributed by atoms with Crippen LogP contribution in [-0.4, -0.2) is 11.3 Å². The molecule has 0 unspecified atom stereocenters. The Hall–Kier alpha value is -2.35. The first-order chi connectivity index (χ1) is 9.86. The highest BCUT2D eigenvalue weighted by Crippen LogP contribution is 2.19. The highest BCUT2D eigenvalue weighted by molar-refractivity contribution is 5.83. The summed E-state index contributed by atoms with van der Waals surface area (Å²) in [6.45, 7) is 0. The Bertz CT molecular complexity index is 710. The molecule has 0 aliphatic carbocycles. The number of aromatic amines is 1. The quantitative estimate of drug-likeness (QED) is 0.700. The maximum atomic E-state index is 10.5. The molecular formula is C18H17NO. The lowest BCUT2D eigenvalue weighted by Gasteiger charge is -2.02. The standard InChI is InChI=1S/C18H17NO/c20-12-11-15-7-5-14(6-8-15)9-10-16-13-19-18-4-2-1-3-17(16)18/h1-8,12-13,19H,9-11H2. The fraction of sp³-hybridized carbons (Fsp3) is 0.167. The molecule has 0 aliphatic heterocycles. The summed E-state index contributed by atoms with van der Waals surface area (Å²) in [5.74, 6) is 0. The minimum absolute atomic E-state index is 0.503. The number of fused-ring (bicyclic) bond motifs is 1. The van der Waals surface area contributed by atoms with E-state index >= 15 is 0 Å². The van der Waals surface area contributed by atoms with Crippen LogP contribution in [0.5, 0.6) is 0 Å². The molecule has 0 saturated carbocycles. The summed E-state index contributed by atoms with van der Waals surface area (Å²) < 4.78 is 0. The Labute approximate surface area is 118 Å². The predicted molar refractivity (Wildman–Crippen MR) is 81.9 cm³/mol. The normalized spacial score (nSPS) is 10.8. The Morgan fingerprint density at radius 3 is 2.45 bits per heavy atom. The topological polar surface area (TPSA) is 32.9 Å². The second-order valence-corrected chi connectivity index (χ2v) is 5.05. The van der Waals surface area contributed by atoms with Crippen LogP contribution in [-0.2, 0) is 24.1 Å². The van der Waals surface area contributed by atoms with Crippen molar-refractivity contribution in [1.82, 2.24) is 4.98 Å². The van der Waals surface area contributed by atoms with E-state index in [1.54, 1.807) is 0 Å². The molecule has 100 valence electrons. The van der Waals surface area contributed by atoms with Crippen LogP contribution in [0.2, 0.25) is 0 Å². The van der Waals surface area contributed by atoms with Gasteiger partial charge < -0.3 is 9.78 Å². The minimum Gasteiger partial charge on any atom is -0.361 e. The summed E-state index contributed by atoms with van der Waals surface area (Å²) in [4.78, 5) is 13.8. The number of carbonyl (C=O) groups excluding carboxylic acids is 1. The lowest BCUT2D eigenvalue weighted by molar-refractivity contribution is -0.107. The van der Waals surface area contributed by atoms with Gasteiger partial charge in [-0.15, -0.1) is 0 Å². The molecule has 3 rings (SSSR count). The van der Waals surface area contributed by atoms with Crippen molar-refractivity contribution in [1.29, 1.82) is 0 Å². The number of hydrogen-bond acceptors (Lipinski definition) is 1. The SMILES string of the molecule is O=CCc1ccc(CCc2c[nH]c3ccccc23)cc1. The van der Waals surface area contributed by atoms with Gasteiger partial charge >= 0.3 is 0 Å². The molecule has 2 aromatic carbocycles. The van der Waals surface area contributed by atoms with Gasteiger partial charge in [0, 0.05) is 23.5 Å². The molecule has 20 heavy (non-hydrogen) atoms. The number of aldehydes is 1. The van der Waals surface area contributed by atoms with Crippen molar-refractivity contribution in [2.75, 3.05) is 0 Å². The van der Waals surface area contributed by atoms with Crippen molar-refractivity contribution in [3.63, 3.8) is 0 Å². The third kappa shape index (κ3) is 2.64. The zero-order valence-corrected chi connectivity index (χ0v) is 11.3. The van der Waals surface area contributed by atoms with E-state index in [1.807, 2.05) is 18.2 Å². The molecule has 0 aliphatic rings. The summed E-state index contributed by atoms with van der Waals surface area (Å²) in [6.07, 6.45) is 5.59. The fourth-order valence-corrected chi connectivity index (χ4v) is 2.56. The van der Waals surface area contributed by atoms with Gasteiger partial charge in [0.25, 0.3) is 0 Å². The van der Waals surface area contributed by atoms with Gasteiger partial charge in [0.1, 0.15) is 6.29 Å². The third-order valence-corrected chi connectivity index (χ3v) is 3.70. The first-order valence-electron chi connectivity index (χ1n) is 6.93. The van der Waals surface area contributed by atoms with Gasteiger partial charge in [-0.2, -0.15) is 0 Å². The van der Waals surface area contributed by atoms with E-state index in [9.17, 15) is 4.79 Å². The van der Waals surface area contributed by atoms with E-state index in [2.05, 4.69) is 41.5 Å². The summed E-state index contributed by atoms with van der Waals surface area (Å²) in [6, 6.07) is 16.7. The van der Waals surface area contributed by atoms with Gasteiger partial charge in [0.05, 0.1) is 0 Å². The van der Waals surface area contributed by atoms with Gasteiger partial charge in [-0.3, -0.25) is 0 Å². The molecule has 0 saturated heterocycles. The monoisotopic (exact) mass is 263 g/mol. The van der Waals surface area contributed by atoms with E-state index in [4.69, 9.17) is 0 Å². The number of aryl methyl sites for hydroxylation is 2. The highest BCUT2D eigenvalue weighted by Gasteiger charge is 2.03. The molecule has 1 heterocycles. The van der Waals surface area contributed by atoms with Crippen LogP contribution >= 0.6 is 0 Å². The van der Waals surface area contributed by atoms with Gasteiger partial charge in [0.2, 0.25) is 0 Å². The number of rotatable bonds is 5. The van der Waals surface area contributed by atoms with Gasteiger partial charge in [-0.1, -0.05) is 42.5 Å². The Balaban J connectivity index is 1.71. The van der Waals surface area contributed by atoms with Crippen LogP contribution in [0, 0.1) is 0 Å². The van der Waals surface area contributed by atoms with Crippen LogP contribution in [0.25, 0.3) is 10.9 Å². The number of hydrogen-bond donors (Lipinski definition) is 1. The van der Waals surface area contributed by atoms with E-state index in [-0.39, 0.29) is 0 Å². The van der Waals surface area contributed by atoms with Crippen molar-refractivity contribution in [2.45, 2.75) is 19.3 Å². The molecule has 0 amide bonds. The number of aromatic nitrogens is 1. The highest BCUT2D eigenvalue weighted by atomic mass is 16.1. The first kappa shape index (κ1) is 12.7. The lowest BCUT2D eigenvalue weighted by atomic mass is 10.0. The fourth-order valence-electron chi connectivity index (χ4n) is 2.56. The van der Waals surface area contributed by atoms with Crippen LogP contribution in [0.15, 0.2) is 54.7 Å². The summed E-state index contributed by atoms with van der Waals surface area (Å²) >= 11 is 0. The zero-order chi connectivity index (χ0) is 13.8. The predicted octanol–water partition coefficient (Wildman–Crippen LogP) is 3.69. The lowest BCUT2D eigenvalue weighted by Crippen LogP contribution is -1.92. The summed E-state index contributed by atoms with van der Waals surface area (Å²) in [5.41, 5.74) is 4.95. The number of benzene rings is 2. The molecule has 0 spiro atoms. The van der Waals surface area contributed by atoms with Crippen LogP contribution in [0.3, 0.4) is 0 Å². The Morgan fingerprint density at radius 1 is 0.900 bits per heavy atom. The second kappa shape index (κ2) is 5.74. The molecule has 2 heteroatoms. The van der Waals surface area contributed by atoms with E-state index < -0.39 is 0 Å². The van der Waals surface area contributed by atoms with Crippen molar-refractivity contribution >= 4 is 17.2 Å². The molecule has 1 N–H and O–H groups in total. The maximum Gasteiger partial charge on any atom is 0.124 e. The number of para-hydroxylation sites is 1. The van der Waals surface area contributed by atoms with Gasteiger partial charge in [-0.25, -0.2) is 0 Å². The largest absolute Gasteiger partial charge is 0.361 e. The molecule has 1 aromatic heterocycles. The van der Waals surface area contributed by atoms with Crippen LogP contribution < -0.4 is 0 Å². The van der Waals surface area contributed by atoms with Gasteiger partial charge in [-0.05, 0) is 35.6 Å². The van der Waals surface area contributed by atoms with Crippen molar-refractivity contribution in [2.24, 2.45) is 0 Å². The number of H-pyrrole nitrogens is 1. The van der Waals surface area contributed by atoms with Crippen LogP contribution in [0.1, 0.15) is 16.7 Å². The Kier molecular flexibility index (Phi) is 3.64. The summed E-state index contributed by atoms with van der Waals surface area (Å²) in [5, 5.41) is 1.31. The molecule has 0 fully saturated rings. The molecular weight excluding hydrogens is 246 g/mol. The minimum atomic E-state index is 0.503. The van der Waals surface area contributed by atoms with E-state index in [0.29, 0.717) is 6.42 Å². The second-order valence-electron chi connectivity index (χ2n) is 5.05. The van der Waals surface area contributed by atoms with Gasteiger partial charge in [0.15, 0.2) is 0 Å². The molecule has 3 aromatic rings. The molecule has 0 bridgehead atoms. The average molecular weight is 263 g/mol. The molecule has 0 radical (unpaired) electrons. The first-order valence-corrected chi connectivity index (χ1v) is 6.93. The maximum absolute atomic E-state index is 10.5. The molecule has 2 nitrogen and oxygen atoms in total. The average Bonchev–Trinajstić information content (AvgIpc) is 2.90. The van der Waals surface area contributed by atoms with Crippen molar-refractivity contribution in [3.8, 4) is 0 Å². The number of carbonyl (C=O) groups is 1. The van der Waals surface area contributed by atoms with Crippen LogP contribution in [0.4, 0.5) is 0 Å². The summed E-state index contributed by atoms with van der Waals surface area (Å²) in [7, 11) is 0. The number of nitrogens with one attached hydrogen (secondary N) is 1. The molecule has 0 atom stereocenters.